The lowest BCUT2D eigenvalue weighted by Crippen LogP contribution is -2.46. The van der Waals surface area contributed by atoms with E-state index in [0.717, 1.165) is 30.6 Å². The molecule has 39 heavy (non-hydrogen) atoms. The van der Waals surface area contributed by atoms with E-state index in [4.69, 9.17) is 9.47 Å². The van der Waals surface area contributed by atoms with E-state index in [0.29, 0.717) is 12.1 Å². The number of fused-ring (bicyclic) bond motifs is 2. The highest BCUT2D eigenvalue weighted by Crippen LogP contribution is 2.47. The van der Waals surface area contributed by atoms with E-state index >= 15 is 4.39 Å². The van der Waals surface area contributed by atoms with E-state index in [1.807, 2.05) is 13.0 Å². The maximum absolute atomic E-state index is 15.3. The number of hydrogen-bond acceptors (Lipinski definition) is 6. The van der Waals surface area contributed by atoms with Gasteiger partial charge in [-0.3, -0.25) is 4.79 Å². The summed E-state index contributed by atoms with van der Waals surface area (Å²) < 4.78 is 26.4. The summed E-state index contributed by atoms with van der Waals surface area (Å²) in [5.41, 5.74) is 5.34. The summed E-state index contributed by atoms with van der Waals surface area (Å²) in [6.45, 7) is 4.78. The Balaban J connectivity index is 1.26. The molecule has 4 atom stereocenters. The minimum atomic E-state index is -0.871. The van der Waals surface area contributed by atoms with Gasteiger partial charge >= 0.3 is 0 Å². The molecule has 0 saturated carbocycles. The van der Waals surface area contributed by atoms with Crippen LogP contribution in [-0.2, 0) is 32.5 Å². The molecule has 0 bridgehead atoms. The van der Waals surface area contributed by atoms with Gasteiger partial charge in [0.1, 0.15) is 18.0 Å². The van der Waals surface area contributed by atoms with Gasteiger partial charge in [-0.05, 0) is 92.0 Å². The maximum atomic E-state index is 15.3. The molecule has 2 N–H and O–H groups in total. The summed E-state index contributed by atoms with van der Waals surface area (Å²) in [6, 6.07) is 13.0. The van der Waals surface area contributed by atoms with Crippen molar-refractivity contribution in [2.75, 3.05) is 40.4 Å². The average Bonchev–Trinajstić information content (AvgIpc) is 3.17. The summed E-state index contributed by atoms with van der Waals surface area (Å²) in [4.78, 5) is 15.2. The molecule has 7 nitrogen and oxygen atoms in total. The van der Waals surface area contributed by atoms with Crippen LogP contribution in [0, 0.1) is 17.1 Å². The Morgan fingerprint density at radius 1 is 1.26 bits per heavy atom. The SMILES string of the molecule is CO[C@@H]1CO[C@H](C(=O)N[C@H](C#N)Cc2ccc(-c3ccc4c(c3)C3(CC4)CCN(C)CC3)cc2F)CN[C@H]1C. The van der Waals surface area contributed by atoms with Crippen molar-refractivity contribution in [2.24, 2.45) is 0 Å². The van der Waals surface area contributed by atoms with Crippen LogP contribution in [-0.4, -0.2) is 75.5 Å². The van der Waals surface area contributed by atoms with Crippen LogP contribution < -0.4 is 10.6 Å². The van der Waals surface area contributed by atoms with Gasteiger partial charge in [-0.25, -0.2) is 4.39 Å². The average molecular weight is 535 g/mol. The van der Waals surface area contributed by atoms with Crippen LogP contribution >= 0.6 is 0 Å². The monoisotopic (exact) mass is 534 g/mol. The molecule has 1 aliphatic carbocycles. The number of nitrogens with zero attached hydrogens (tertiary/aromatic N) is 2. The van der Waals surface area contributed by atoms with Crippen molar-refractivity contribution in [3.05, 3.63) is 58.9 Å². The highest BCUT2D eigenvalue weighted by molar-refractivity contribution is 5.81. The zero-order chi connectivity index (χ0) is 27.6. The van der Waals surface area contributed by atoms with Crippen LogP contribution in [0.15, 0.2) is 36.4 Å². The molecule has 5 rings (SSSR count). The number of piperidine rings is 1. The quantitative estimate of drug-likeness (QED) is 0.591. The number of rotatable bonds is 6. The largest absolute Gasteiger partial charge is 0.377 e. The van der Waals surface area contributed by atoms with Gasteiger partial charge in [0.15, 0.2) is 0 Å². The van der Waals surface area contributed by atoms with Crippen LogP contribution in [0.25, 0.3) is 11.1 Å². The Bertz CT molecular complexity index is 1240. The van der Waals surface area contributed by atoms with Crippen molar-refractivity contribution in [3.8, 4) is 17.2 Å². The Hall–Kier alpha value is -2.83. The number of likely N-dealkylation sites (tertiary alicyclic amines) is 1. The molecule has 8 heteroatoms. The molecule has 2 aromatic carbocycles. The second kappa shape index (κ2) is 11.7. The second-order valence-corrected chi connectivity index (χ2v) is 11.4. The third-order valence-corrected chi connectivity index (χ3v) is 9.02. The molecule has 0 unspecified atom stereocenters. The van der Waals surface area contributed by atoms with Crippen LogP contribution in [0.3, 0.4) is 0 Å². The minimum absolute atomic E-state index is 0.0350. The zero-order valence-corrected chi connectivity index (χ0v) is 23.1. The van der Waals surface area contributed by atoms with Gasteiger partial charge in [-0.15, -0.1) is 0 Å². The number of carbonyl (C=O) groups is 1. The summed E-state index contributed by atoms with van der Waals surface area (Å²) in [7, 11) is 3.79. The lowest BCUT2D eigenvalue weighted by Gasteiger charge is -2.39. The van der Waals surface area contributed by atoms with E-state index < -0.39 is 18.1 Å². The molecule has 1 amide bonds. The molecule has 2 heterocycles. The summed E-state index contributed by atoms with van der Waals surface area (Å²) in [5.74, 6) is -0.767. The van der Waals surface area contributed by atoms with Crippen molar-refractivity contribution in [3.63, 3.8) is 0 Å². The third-order valence-electron chi connectivity index (χ3n) is 9.02. The number of nitrogens with one attached hydrogen (secondary N) is 2. The smallest absolute Gasteiger partial charge is 0.251 e. The molecule has 0 radical (unpaired) electrons. The maximum Gasteiger partial charge on any atom is 0.251 e. The third kappa shape index (κ3) is 5.87. The zero-order valence-electron chi connectivity index (χ0n) is 23.1. The van der Waals surface area contributed by atoms with Crippen molar-refractivity contribution >= 4 is 5.91 Å². The normalized spacial score (nSPS) is 25.5. The number of methoxy groups -OCH3 is 1. The Kier molecular flexibility index (Phi) is 8.34. The number of aryl methyl sites for hydroxylation is 1. The van der Waals surface area contributed by atoms with Crippen molar-refractivity contribution in [2.45, 2.75) is 68.7 Å². The molecule has 2 fully saturated rings. The lowest BCUT2D eigenvalue weighted by atomic mass is 9.73. The molecule has 2 aromatic rings. The van der Waals surface area contributed by atoms with Crippen molar-refractivity contribution in [1.82, 2.24) is 15.5 Å². The second-order valence-electron chi connectivity index (χ2n) is 11.4. The van der Waals surface area contributed by atoms with Gasteiger partial charge < -0.3 is 25.0 Å². The number of halogens is 1. The van der Waals surface area contributed by atoms with Gasteiger partial charge in [0.25, 0.3) is 5.91 Å². The van der Waals surface area contributed by atoms with E-state index in [2.05, 4.69) is 46.8 Å². The molecule has 0 aromatic heterocycles. The standard InChI is InChI=1S/C31H39FN4O3/c1-20-29(38-3)19-39-28(18-34-20)30(37)35-25(17-33)14-24-7-6-23(16-27(24)32)22-5-4-21-8-9-31(26(21)15-22)10-12-36(2)13-11-31/h4-7,15-16,20,25,28-29,34H,8-14,18-19H2,1-3H3,(H,35,37)/t20-,25-,28-,29+/m0/s1. The predicted molar refractivity (Wildman–Crippen MR) is 148 cm³/mol. The Labute approximate surface area is 230 Å². The Morgan fingerprint density at radius 2 is 2.00 bits per heavy atom. The fourth-order valence-electron chi connectivity index (χ4n) is 6.33. The number of carbonyl (C=O) groups excluding carboxylic acids is 1. The highest BCUT2D eigenvalue weighted by atomic mass is 19.1. The Morgan fingerprint density at radius 3 is 2.72 bits per heavy atom. The minimum Gasteiger partial charge on any atom is -0.377 e. The van der Waals surface area contributed by atoms with E-state index in [1.165, 1.54) is 30.4 Å². The van der Waals surface area contributed by atoms with E-state index in [9.17, 15) is 10.1 Å². The summed E-state index contributed by atoms with van der Waals surface area (Å²) in [6.07, 6.45) is 3.81. The van der Waals surface area contributed by atoms with Gasteiger partial charge in [0.05, 0.1) is 18.8 Å². The number of benzene rings is 2. The molecule has 3 aliphatic rings. The van der Waals surface area contributed by atoms with Gasteiger partial charge in [0, 0.05) is 26.1 Å². The van der Waals surface area contributed by atoms with Crippen LogP contribution in [0.4, 0.5) is 4.39 Å². The van der Waals surface area contributed by atoms with Crippen molar-refractivity contribution < 1.29 is 18.7 Å². The number of hydrogen-bond donors (Lipinski definition) is 2. The van der Waals surface area contributed by atoms with Crippen LogP contribution in [0.2, 0.25) is 0 Å². The first-order valence-electron chi connectivity index (χ1n) is 14.0. The first-order chi connectivity index (χ1) is 18.8. The number of nitriles is 1. The van der Waals surface area contributed by atoms with Gasteiger partial charge in [0.2, 0.25) is 0 Å². The van der Waals surface area contributed by atoms with Crippen LogP contribution in [0.1, 0.15) is 42.9 Å². The number of ether oxygens (including phenoxy) is 2. The predicted octanol–water partition coefficient (Wildman–Crippen LogP) is 3.35. The fraction of sp³-hybridized carbons (Fsp3) is 0.548. The van der Waals surface area contributed by atoms with Gasteiger partial charge in [-0.1, -0.05) is 30.3 Å². The molecule has 208 valence electrons. The van der Waals surface area contributed by atoms with Crippen molar-refractivity contribution in [1.29, 1.82) is 5.26 Å². The van der Waals surface area contributed by atoms with Gasteiger partial charge in [-0.2, -0.15) is 5.26 Å². The molecule has 2 saturated heterocycles. The fourth-order valence-corrected chi connectivity index (χ4v) is 6.33. The topological polar surface area (TPSA) is 86.6 Å². The molecule has 1 spiro atoms. The summed E-state index contributed by atoms with van der Waals surface area (Å²) >= 11 is 0. The summed E-state index contributed by atoms with van der Waals surface area (Å²) in [5, 5.41) is 15.6. The lowest BCUT2D eigenvalue weighted by molar-refractivity contribution is -0.133. The first kappa shape index (κ1) is 27.7. The van der Waals surface area contributed by atoms with E-state index in [1.54, 1.807) is 19.2 Å². The highest BCUT2D eigenvalue weighted by Gasteiger charge is 2.40. The number of amides is 1. The molecule has 2 aliphatic heterocycles. The molecular formula is C31H39FN4O3. The molecular weight excluding hydrogens is 495 g/mol. The van der Waals surface area contributed by atoms with E-state index in [-0.39, 0.29) is 36.4 Å². The van der Waals surface area contributed by atoms with Crippen LogP contribution in [0.5, 0.6) is 0 Å². The first-order valence-corrected chi connectivity index (χ1v) is 14.0.